The summed E-state index contributed by atoms with van der Waals surface area (Å²) < 4.78 is 5.45. The molecule has 11 rings (SSSR count). The van der Waals surface area contributed by atoms with E-state index < -0.39 is 11.9 Å². The molecule has 4 aromatic heterocycles. The second-order valence-electron chi connectivity index (χ2n) is 19.4. The number of hydrogen-bond acceptors (Lipinski definition) is 9. The van der Waals surface area contributed by atoms with Gasteiger partial charge in [0.2, 0.25) is 11.8 Å². The molecular formula is C52H59N11O4. The Kier molecular flexibility index (Phi) is 11.6. The number of imide groups is 1. The van der Waals surface area contributed by atoms with Crippen LogP contribution in [0.25, 0.3) is 44.1 Å². The number of carbonyl (C=O) groups excluding carboxylic acids is 3. The van der Waals surface area contributed by atoms with Crippen LogP contribution in [0, 0.1) is 5.92 Å². The van der Waals surface area contributed by atoms with Crippen LogP contribution in [0.5, 0.6) is 0 Å². The molecule has 4 aliphatic heterocycles. The number of amides is 3. The first-order valence-corrected chi connectivity index (χ1v) is 24.1. The molecule has 1 atom stereocenters. The van der Waals surface area contributed by atoms with E-state index in [-0.39, 0.29) is 23.9 Å². The lowest BCUT2D eigenvalue weighted by atomic mass is 9.88. The number of carbonyl (C=O) groups is 3. The lowest BCUT2D eigenvalue weighted by molar-refractivity contribution is -0.135. The molecule has 8 heterocycles. The molecule has 4 fully saturated rings. The highest BCUT2D eigenvalue weighted by Gasteiger charge is 2.33. The summed E-state index contributed by atoms with van der Waals surface area (Å²) in [5, 5.41) is 11.9. The van der Waals surface area contributed by atoms with Gasteiger partial charge in [-0.2, -0.15) is 5.10 Å². The van der Waals surface area contributed by atoms with Crippen LogP contribution in [0.1, 0.15) is 77.7 Å². The highest BCUT2D eigenvalue weighted by molar-refractivity contribution is 6.00. The smallest absolute Gasteiger partial charge is 0.329 e. The predicted molar refractivity (Wildman–Crippen MR) is 258 cm³/mol. The van der Waals surface area contributed by atoms with Gasteiger partial charge >= 0.3 is 5.69 Å². The van der Waals surface area contributed by atoms with Crippen molar-refractivity contribution in [2.24, 2.45) is 20.0 Å². The number of likely N-dealkylation sites (tertiary alicyclic amines) is 2. The van der Waals surface area contributed by atoms with E-state index in [4.69, 9.17) is 4.98 Å². The highest BCUT2D eigenvalue weighted by Crippen LogP contribution is 2.34. The molecule has 0 aliphatic carbocycles. The quantitative estimate of drug-likeness (QED) is 0.163. The van der Waals surface area contributed by atoms with E-state index in [1.54, 1.807) is 16.2 Å². The average Bonchev–Trinajstić information content (AvgIpc) is 4.03. The molecule has 3 aromatic carbocycles. The molecule has 346 valence electrons. The second kappa shape index (κ2) is 18.0. The van der Waals surface area contributed by atoms with Crippen molar-refractivity contribution in [3.05, 3.63) is 118 Å². The minimum Gasteiger partial charge on any atom is -0.339 e. The fraction of sp³-hybridized carbons (Fsp3) is 0.423. The standard InChI is InChI=1S/C52H59N11O4/c1-57-41(29-43-42(14-19-53-49(43)57)38-10-11-44-40(28-38)30-54-56-44)33-59-20-17-36(18-21-59)35-6-8-37(9-7-35)51(66)62-22-15-34(16-23-62)31-60-24-26-61(27-25-60)32-39-4-3-5-45-48(39)58(2)52(67)63(45)46-12-13-47(64)55-50(46)65/h3-11,14,19,28-30,34,36,46H,12-13,15-18,20-27,31-33H2,1-2H3,(H,54,56)(H,55,64,65). The van der Waals surface area contributed by atoms with E-state index in [2.05, 4.69) is 90.4 Å². The normalized spacial score (nSPS) is 19.9. The minimum absolute atomic E-state index is 0.142. The van der Waals surface area contributed by atoms with Crippen molar-refractivity contribution >= 4 is 50.7 Å². The number of imidazole rings is 1. The predicted octanol–water partition coefficient (Wildman–Crippen LogP) is 5.80. The monoisotopic (exact) mass is 901 g/mol. The van der Waals surface area contributed by atoms with Gasteiger partial charge in [-0.15, -0.1) is 0 Å². The van der Waals surface area contributed by atoms with Gasteiger partial charge in [0.1, 0.15) is 11.7 Å². The van der Waals surface area contributed by atoms with Crippen molar-refractivity contribution < 1.29 is 14.4 Å². The van der Waals surface area contributed by atoms with Gasteiger partial charge in [-0.25, -0.2) is 9.78 Å². The van der Waals surface area contributed by atoms with Crippen molar-refractivity contribution in [3.63, 3.8) is 0 Å². The first-order chi connectivity index (χ1) is 32.6. The Labute approximate surface area is 389 Å². The maximum absolute atomic E-state index is 13.7. The highest BCUT2D eigenvalue weighted by atomic mass is 16.2. The van der Waals surface area contributed by atoms with Gasteiger partial charge < -0.3 is 14.4 Å². The number of rotatable bonds is 10. The van der Waals surface area contributed by atoms with Crippen LogP contribution in [-0.2, 0) is 36.8 Å². The number of pyridine rings is 1. The Bertz CT molecular complexity index is 3050. The molecule has 0 radical (unpaired) electrons. The van der Waals surface area contributed by atoms with E-state index in [9.17, 15) is 19.2 Å². The first kappa shape index (κ1) is 43.2. The lowest BCUT2D eigenvalue weighted by Crippen LogP contribution is -2.48. The van der Waals surface area contributed by atoms with E-state index >= 15 is 0 Å². The molecule has 3 amide bonds. The Morgan fingerprint density at radius 1 is 0.761 bits per heavy atom. The third kappa shape index (κ3) is 8.37. The summed E-state index contributed by atoms with van der Waals surface area (Å²) in [6.45, 7) is 10.1. The molecule has 15 heteroatoms. The van der Waals surface area contributed by atoms with Crippen molar-refractivity contribution in [1.29, 1.82) is 0 Å². The topological polar surface area (TPSA) is 150 Å². The van der Waals surface area contributed by atoms with Gasteiger partial charge in [0.25, 0.3) is 5.91 Å². The number of nitrogens with one attached hydrogen (secondary N) is 2. The molecule has 67 heavy (non-hydrogen) atoms. The third-order valence-corrected chi connectivity index (χ3v) is 15.4. The summed E-state index contributed by atoms with van der Waals surface area (Å²) in [6, 6.07) is 24.6. The number of nitrogens with zero attached hydrogens (tertiary/aromatic N) is 9. The van der Waals surface area contributed by atoms with Gasteiger partial charge in [-0.3, -0.25) is 43.7 Å². The second-order valence-corrected chi connectivity index (χ2v) is 19.4. The summed E-state index contributed by atoms with van der Waals surface area (Å²) in [7, 11) is 3.89. The molecule has 0 spiro atoms. The number of piperazine rings is 1. The Morgan fingerprint density at radius 2 is 1.52 bits per heavy atom. The van der Waals surface area contributed by atoms with Crippen LogP contribution in [0.4, 0.5) is 0 Å². The molecule has 15 nitrogen and oxygen atoms in total. The number of piperidine rings is 3. The Balaban J connectivity index is 0.634. The third-order valence-electron chi connectivity index (χ3n) is 15.4. The van der Waals surface area contributed by atoms with Gasteiger partial charge in [0.05, 0.1) is 22.7 Å². The average molecular weight is 902 g/mol. The van der Waals surface area contributed by atoms with Gasteiger partial charge in [0, 0.05) is 108 Å². The van der Waals surface area contributed by atoms with Crippen LogP contribution < -0.4 is 11.0 Å². The fourth-order valence-electron chi connectivity index (χ4n) is 11.5. The van der Waals surface area contributed by atoms with Crippen LogP contribution in [0.15, 0.2) is 90.0 Å². The molecule has 4 aliphatic rings. The van der Waals surface area contributed by atoms with E-state index in [0.717, 1.165) is 136 Å². The Morgan fingerprint density at radius 3 is 2.30 bits per heavy atom. The molecule has 1 unspecified atom stereocenters. The maximum atomic E-state index is 13.7. The summed E-state index contributed by atoms with van der Waals surface area (Å²) >= 11 is 0. The molecule has 0 bridgehead atoms. The van der Waals surface area contributed by atoms with E-state index in [1.807, 2.05) is 41.6 Å². The van der Waals surface area contributed by atoms with Crippen LogP contribution >= 0.6 is 0 Å². The zero-order valence-corrected chi connectivity index (χ0v) is 38.5. The zero-order chi connectivity index (χ0) is 45.8. The summed E-state index contributed by atoms with van der Waals surface area (Å²) in [5.41, 5.74) is 10.2. The SMILES string of the molecule is Cn1c(CN2CCC(c3ccc(C(=O)N4CCC(CN5CCN(Cc6cccc7c6n(C)c(=O)n7C6CCC(=O)NC6=O)CC5)CC4)cc3)CC2)cc2c(-c3ccc4[nH]ncc4c3)ccnc21. The fourth-order valence-corrected chi connectivity index (χ4v) is 11.5. The number of aromatic amines is 1. The van der Waals surface area contributed by atoms with Crippen molar-refractivity contribution in [1.82, 2.24) is 53.8 Å². The zero-order valence-electron chi connectivity index (χ0n) is 38.5. The van der Waals surface area contributed by atoms with E-state index in [1.165, 1.54) is 27.8 Å². The number of H-pyrrole nitrogens is 1. The van der Waals surface area contributed by atoms with Gasteiger partial charge in [-0.1, -0.05) is 30.3 Å². The molecule has 4 saturated heterocycles. The van der Waals surface area contributed by atoms with Crippen molar-refractivity contribution in [3.8, 4) is 11.1 Å². The largest absolute Gasteiger partial charge is 0.339 e. The van der Waals surface area contributed by atoms with Crippen LogP contribution in [-0.4, -0.2) is 125 Å². The summed E-state index contributed by atoms with van der Waals surface area (Å²) in [6.07, 6.45) is 8.54. The van der Waals surface area contributed by atoms with Crippen LogP contribution in [0.2, 0.25) is 0 Å². The van der Waals surface area contributed by atoms with Crippen LogP contribution in [0.3, 0.4) is 0 Å². The number of para-hydroxylation sites is 1. The van der Waals surface area contributed by atoms with Gasteiger partial charge in [0.15, 0.2) is 0 Å². The molecule has 7 aromatic rings. The number of aryl methyl sites for hydroxylation is 2. The number of hydrogen-bond donors (Lipinski definition) is 2. The number of aromatic nitrogens is 6. The first-order valence-electron chi connectivity index (χ1n) is 24.1. The maximum Gasteiger partial charge on any atom is 0.329 e. The van der Waals surface area contributed by atoms with E-state index in [0.29, 0.717) is 18.3 Å². The molecule has 2 N–H and O–H groups in total. The number of fused-ring (bicyclic) bond motifs is 3. The lowest BCUT2D eigenvalue weighted by Gasteiger charge is -2.39. The Hall–Kier alpha value is -6.42. The number of benzene rings is 3. The van der Waals surface area contributed by atoms with Crippen molar-refractivity contribution in [2.75, 3.05) is 58.9 Å². The minimum atomic E-state index is -0.691. The van der Waals surface area contributed by atoms with Crippen molar-refractivity contribution in [2.45, 2.75) is 63.6 Å². The molecule has 0 saturated carbocycles. The summed E-state index contributed by atoms with van der Waals surface area (Å²) in [5.74, 6) is 0.488. The van der Waals surface area contributed by atoms with Gasteiger partial charge in [-0.05, 0) is 122 Å². The molecular weight excluding hydrogens is 843 g/mol. The summed E-state index contributed by atoms with van der Waals surface area (Å²) in [4.78, 5) is 66.0.